The third-order valence-corrected chi connectivity index (χ3v) is 4.03. The number of rotatable bonds is 5. The van der Waals surface area contributed by atoms with E-state index in [0.717, 1.165) is 38.7 Å². The number of allylic oxidation sites excluding steroid dienone is 2. The Bertz CT molecular complexity index is 626. The fourth-order valence-electron chi connectivity index (χ4n) is 2.17. The summed E-state index contributed by atoms with van der Waals surface area (Å²) < 4.78 is 1.09. The number of hydrogen-bond donors (Lipinski definition) is 1. The van der Waals surface area contributed by atoms with Crippen LogP contribution in [0.5, 0.6) is 0 Å². The predicted molar refractivity (Wildman–Crippen MR) is 83.7 cm³/mol. The molecule has 0 spiro atoms. The van der Waals surface area contributed by atoms with Crippen molar-refractivity contribution in [3.8, 4) is 0 Å². The Kier molecular flexibility index (Phi) is 4.00. The van der Waals surface area contributed by atoms with E-state index in [1.54, 1.807) is 11.3 Å². The minimum Gasteiger partial charge on any atom is -0.390 e. The van der Waals surface area contributed by atoms with Gasteiger partial charge in [-0.15, -0.1) is 24.5 Å². The molecule has 0 atom stereocenters. The van der Waals surface area contributed by atoms with Crippen molar-refractivity contribution < 1.29 is 0 Å². The van der Waals surface area contributed by atoms with Crippen LogP contribution in [0.25, 0.3) is 10.2 Å². The van der Waals surface area contributed by atoms with Gasteiger partial charge in [-0.3, -0.25) is 0 Å². The zero-order valence-corrected chi connectivity index (χ0v) is 12.3. The highest BCUT2D eigenvalue weighted by Gasteiger charge is 2.18. The van der Waals surface area contributed by atoms with Gasteiger partial charge in [0, 0.05) is 18.4 Å². The van der Waals surface area contributed by atoms with E-state index in [2.05, 4.69) is 37.0 Å². The van der Waals surface area contributed by atoms with Gasteiger partial charge < -0.3 is 5.73 Å². The second-order valence-electron chi connectivity index (χ2n) is 4.78. The van der Waals surface area contributed by atoms with Crippen molar-refractivity contribution in [2.75, 3.05) is 5.73 Å². The van der Waals surface area contributed by atoms with Crippen LogP contribution in [0.1, 0.15) is 36.8 Å². The topological polar surface area (TPSA) is 51.8 Å². The molecule has 100 valence electrons. The molecule has 2 N–H and O–H groups in total. The fraction of sp³-hybridized carbons (Fsp3) is 0.333. The minimum atomic E-state index is 0.358. The number of anilines is 1. The van der Waals surface area contributed by atoms with Gasteiger partial charge in [-0.25, -0.2) is 9.97 Å². The number of thiophene rings is 1. The van der Waals surface area contributed by atoms with E-state index in [4.69, 9.17) is 5.73 Å². The Hall–Kier alpha value is -1.68. The van der Waals surface area contributed by atoms with Crippen LogP contribution in [0.15, 0.2) is 25.3 Å². The van der Waals surface area contributed by atoms with E-state index in [9.17, 15) is 0 Å². The summed E-state index contributed by atoms with van der Waals surface area (Å²) in [4.78, 5) is 9.26. The van der Waals surface area contributed by atoms with Crippen LogP contribution < -0.4 is 5.73 Å². The highest BCUT2D eigenvalue weighted by Crippen LogP contribution is 2.38. The van der Waals surface area contributed by atoms with E-state index in [1.165, 1.54) is 0 Å². The maximum atomic E-state index is 6.15. The number of hydrogen-bond acceptors (Lipinski definition) is 4. The molecule has 2 aromatic heterocycles. The Morgan fingerprint density at radius 1 is 1.21 bits per heavy atom. The molecule has 2 rings (SSSR count). The highest BCUT2D eigenvalue weighted by atomic mass is 32.1. The molecule has 0 fully saturated rings. The van der Waals surface area contributed by atoms with Crippen molar-refractivity contribution in [2.24, 2.45) is 0 Å². The van der Waals surface area contributed by atoms with Crippen LogP contribution >= 0.6 is 11.3 Å². The first kappa shape index (κ1) is 13.7. The van der Waals surface area contributed by atoms with Crippen molar-refractivity contribution in [3.63, 3.8) is 0 Å². The molecule has 2 heterocycles. The first-order chi connectivity index (χ1) is 9.08. The van der Waals surface area contributed by atoms with Gasteiger partial charge in [0.25, 0.3) is 0 Å². The van der Waals surface area contributed by atoms with Gasteiger partial charge in [0.05, 0.1) is 20.9 Å². The van der Waals surface area contributed by atoms with Crippen molar-refractivity contribution in [3.05, 3.63) is 42.4 Å². The number of nitrogens with zero attached hydrogens (tertiary/aromatic N) is 2. The Balaban J connectivity index is 2.74. The molecule has 0 aliphatic carbocycles. The zero-order valence-electron chi connectivity index (χ0n) is 11.4. The largest absolute Gasteiger partial charge is 0.390 e. The molecule has 0 amide bonds. The van der Waals surface area contributed by atoms with E-state index in [1.807, 2.05) is 12.2 Å². The average Bonchev–Trinajstić information content (AvgIpc) is 2.66. The molecule has 0 unspecified atom stereocenters. The summed E-state index contributed by atoms with van der Waals surface area (Å²) >= 11 is 1.58. The van der Waals surface area contributed by atoms with Crippen molar-refractivity contribution in [1.82, 2.24) is 9.97 Å². The third kappa shape index (κ3) is 2.54. The van der Waals surface area contributed by atoms with Crippen LogP contribution in [0.3, 0.4) is 0 Å². The Morgan fingerprint density at radius 3 is 2.47 bits per heavy atom. The van der Waals surface area contributed by atoms with Crippen LogP contribution in [0.4, 0.5) is 5.00 Å². The first-order valence-electron chi connectivity index (χ1n) is 6.37. The molecule has 3 nitrogen and oxygen atoms in total. The van der Waals surface area contributed by atoms with Crippen LogP contribution in [0, 0.1) is 0 Å². The van der Waals surface area contributed by atoms with Gasteiger partial charge in [0.1, 0.15) is 5.82 Å². The number of aromatic nitrogens is 2. The molecular weight excluding hydrogens is 254 g/mol. The maximum Gasteiger partial charge on any atom is 0.133 e. The van der Waals surface area contributed by atoms with Gasteiger partial charge in [-0.1, -0.05) is 26.0 Å². The fourth-order valence-corrected chi connectivity index (χ4v) is 3.33. The molecule has 0 saturated heterocycles. The smallest absolute Gasteiger partial charge is 0.133 e. The summed E-state index contributed by atoms with van der Waals surface area (Å²) in [6, 6.07) is 0. The van der Waals surface area contributed by atoms with E-state index < -0.39 is 0 Å². The molecular formula is C15H19N3S. The second-order valence-corrected chi connectivity index (χ2v) is 5.84. The van der Waals surface area contributed by atoms with Gasteiger partial charge in [-0.2, -0.15) is 0 Å². The van der Waals surface area contributed by atoms with Crippen molar-refractivity contribution in [1.29, 1.82) is 0 Å². The molecule has 0 bridgehead atoms. The summed E-state index contributed by atoms with van der Waals surface area (Å²) in [5.74, 6) is 1.16. The number of nitrogens with two attached hydrogens (primary N) is 1. The van der Waals surface area contributed by atoms with Crippen molar-refractivity contribution in [2.45, 2.75) is 32.6 Å². The van der Waals surface area contributed by atoms with E-state index in [0.29, 0.717) is 12.3 Å². The summed E-state index contributed by atoms with van der Waals surface area (Å²) in [5.41, 5.74) is 9.30. The molecule has 0 aliphatic rings. The lowest BCUT2D eigenvalue weighted by Gasteiger charge is -2.06. The van der Waals surface area contributed by atoms with Gasteiger partial charge in [-0.05, 0) is 5.92 Å². The molecule has 0 aliphatic heterocycles. The van der Waals surface area contributed by atoms with E-state index >= 15 is 0 Å². The minimum absolute atomic E-state index is 0.358. The molecule has 0 saturated carbocycles. The number of fused-ring (bicyclic) bond motifs is 1. The lowest BCUT2D eigenvalue weighted by Crippen LogP contribution is -2.00. The molecule has 4 heteroatoms. The summed E-state index contributed by atoms with van der Waals surface area (Å²) in [5, 5.41) is 0.848. The third-order valence-electron chi connectivity index (χ3n) is 2.96. The molecule has 2 aromatic rings. The standard InChI is InChI=1S/C15H19N3S/c1-5-7-10-14-13(18-11(17-10)8-6-2)12(9(3)4)15(16)19-14/h5-6,9H,1-2,7-8,16H2,3-4H3. The second kappa shape index (κ2) is 5.53. The molecule has 19 heavy (non-hydrogen) atoms. The maximum absolute atomic E-state index is 6.15. The normalized spacial score (nSPS) is 11.1. The average molecular weight is 273 g/mol. The van der Waals surface area contributed by atoms with Gasteiger partial charge in [0.2, 0.25) is 0 Å². The Morgan fingerprint density at radius 2 is 1.89 bits per heavy atom. The highest BCUT2D eigenvalue weighted by molar-refractivity contribution is 7.23. The quantitative estimate of drug-likeness (QED) is 0.842. The number of nitrogen functional groups attached to an aromatic ring is 1. The molecule has 0 radical (unpaired) electrons. The van der Waals surface area contributed by atoms with Crippen LogP contribution in [-0.4, -0.2) is 9.97 Å². The first-order valence-corrected chi connectivity index (χ1v) is 7.19. The lowest BCUT2D eigenvalue weighted by atomic mass is 10.0. The summed E-state index contributed by atoms with van der Waals surface area (Å²) in [6.07, 6.45) is 5.10. The summed E-state index contributed by atoms with van der Waals surface area (Å²) in [6.45, 7) is 11.8. The van der Waals surface area contributed by atoms with Gasteiger partial charge in [0.15, 0.2) is 0 Å². The molecule has 0 aromatic carbocycles. The summed E-state index contributed by atoms with van der Waals surface area (Å²) in [7, 11) is 0. The van der Waals surface area contributed by atoms with Gasteiger partial charge >= 0.3 is 0 Å². The zero-order chi connectivity index (χ0) is 14.0. The predicted octanol–water partition coefficient (Wildman–Crippen LogP) is 3.85. The van der Waals surface area contributed by atoms with Crippen molar-refractivity contribution >= 4 is 26.6 Å². The SMILES string of the molecule is C=CCc1nc(CC=C)c2sc(N)c(C(C)C)c2n1. The van der Waals surface area contributed by atoms with Crippen LogP contribution in [0.2, 0.25) is 0 Å². The monoisotopic (exact) mass is 273 g/mol. The Labute approximate surface area is 117 Å². The lowest BCUT2D eigenvalue weighted by molar-refractivity contribution is 0.874. The van der Waals surface area contributed by atoms with Crippen LogP contribution in [-0.2, 0) is 12.8 Å². The van der Waals surface area contributed by atoms with E-state index in [-0.39, 0.29) is 0 Å².